The second-order valence-electron chi connectivity index (χ2n) is 10.8. The second kappa shape index (κ2) is 13.2. The van der Waals surface area contributed by atoms with Crippen molar-refractivity contribution in [3.8, 4) is 0 Å². The Bertz CT molecular complexity index is 1490. The Morgan fingerprint density at radius 2 is 1.65 bits per heavy atom. The van der Waals surface area contributed by atoms with Crippen LogP contribution in [0.15, 0.2) is 59.4 Å². The maximum atomic E-state index is 13.6. The van der Waals surface area contributed by atoms with Crippen LogP contribution in [0, 0.1) is 13.8 Å². The Labute approximate surface area is 241 Å². The van der Waals surface area contributed by atoms with Crippen LogP contribution in [-0.4, -0.2) is 68.6 Å². The van der Waals surface area contributed by atoms with E-state index in [-0.39, 0.29) is 17.5 Å². The fraction of sp³-hybridized carbons (Fsp3) is 0.419. The Morgan fingerprint density at radius 3 is 2.33 bits per heavy atom. The Hall–Kier alpha value is -3.49. The molecule has 0 saturated carbocycles. The molecule has 212 valence electrons. The first-order valence-corrected chi connectivity index (χ1v) is 14.2. The number of benzene rings is 2. The molecule has 40 heavy (non-hydrogen) atoms. The predicted molar refractivity (Wildman–Crippen MR) is 160 cm³/mol. The third-order valence-electron chi connectivity index (χ3n) is 7.20. The van der Waals surface area contributed by atoms with Gasteiger partial charge in [-0.25, -0.2) is 9.78 Å². The molecule has 0 aliphatic rings. The van der Waals surface area contributed by atoms with Crippen molar-refractivity contribution < 1.29 is 4.79 Å². The first-order chi connectivity index (χ1) is 19.2. The largest absolute Gasteiger partial charge is 0.352 e. The number of aromatic nitrogens is 4. The minimum atomic E-state index is -0.276. The lowest BCUT2D eigenvalue weighted by molar-refractivity contribution is 0.0746. The van der Waals surface area contributed by atoms with Gasteiger partial charge in [0, 0.05) is 24.6 Å². The van der Waals surface area contributed by atoms with Crippen molar-refractivity contribution in [3.05, 3.63) is 98.3 Å². The predicted octanol–water partition coefficient (Wildman–Crippen LogP) is 5.19. The number of hydrogen-bond acceptors (Lipinski definition) is 5. The van der Waals surface area contributed by atoms with Gasteiger partial charge in [-0.2, -0.15) is 9.61 Å². The maximum absolute atomic E-state index is 13.6. The first-order valence-electron chi connectivity index (χ1n) is 13.9. The summed E-state index contributed by atoms with van der Waals surface area (Å²) in [6, 6.07) is 17.6. The minimum Gasteiger partial charge on any atom is -0.339 e. The van der Waals surface area contributed by atoms with Crippen LogP contribution in [0.3, 0.4) is 0 Å². The number of aryl methyl sites for hydroxylation is 2. The van der Waals surface area contributed by atoms with Gasteiger partial charge in [0.05, 0.1) is 12.2 Å². The summed E-state index contributed by atoms with van der Waals surface area (Å²) < 4.78 is 2.97. The van der Waals surface area contributed by atoms with Crippen molar-refractivity contribution in [3.63, 3.8) is 0 Å². The van der Waals surface area contributed by atoms with Gasteiger partial charge >= 0.3 is 5.69 Å². The van der Waals surface area contributed by atoms with Gasteiger partial charge in [-0.15, -0.1) is 0 Å². The normalized spacial score (nSPS) is 12.3. The highest BCUT2D eigenvalue weighted by molar-refractivity contribution is 6.34. The third-order valence-corrected chi connectivity index (χ3v) is 7.64. The third kappa shape index (κ3) is 6.98. The van der Waals surface area contributed by atoms with Gasteiger partial charge in [-0.05, 0) is 71.4 Å². The molecule has 0 N–H and O–H groups in total. The van der Waals surface area contributed by atoms with Gasteiger partial charge in [0.25, 0.3) is 5.91 Å². The van der Waals surface area contributed by atoms with E-state index >= 15 is 0 Å². The zero-order chi connectivity index (χ0) is 28.8. The van der Waals surface area contributed by atoms with Crippen molar-refractivity contribution in [1.82, 2.24) is 29.0 Å². The second-order valence-corrected chi connectivity index (χ2v) is 11.2. The molecule has 2 aromatic carbocycles. The number of hydrogen-bond donors (Lipinski definition) is 0. The van der Waals surface area contributed by atoms with Crippen molar-refractivity contribution in [2.45, 2.75) is 52.5 Å². The van der Waals surface area contributed by atoms with Crippen molar-refractivity contribution in [2.75, 3.05) is 33.7 Å². The molecule has 2 heterocycles. The smallest absolute Gasteiger partial charge is 0.339 e. The number of halogens is 1. The van der Waals surface area contributed by atoms with Gasteiger partial charge in [0.2, 0.25) is 0 Å². The highest BCUT2D eigenvalue weighted by atomic mass is 35.5. The Morgan fingerprint density at radius 1 is 0.975 bits per heavy atom. The molecule has 0 saturated heterocycles. The van der Waals surface area contributed by atoms with E-state index in [1.165, 1.54) is 4.52 Å². The average Bonchev–Trinajstić information content (AvgIpc) is 3.23. The van der Waals surface area contributed by atoms with Crippen LogP contribution >= 0.6 is 11.6 Å². The Kier molecular flexibility index (Phi) is 9.76. The zero-order valence-electron chi connectivity index (χ0n) is 24.1. The van der Waals surface area contributed by atoms with E-state index in [0.29, 0.717) is 53.8 Å². The van der Waals surface area contributed by atoms with Crippen LogP contribution in [0.25, 0.3) is 5.65 Å². The van der Waals surface area contributed by atoms with E-state index < -0.39 is 0 Å². The van der Waals surface area contributed by atoms with Gasteiger partial charge in [-0.1, -0.05) is 66.6 Å². The monoisotopic (exact) mass is 562 g/mol. The number of amides is 1. The van der Waals surface area contributed by atoms with Crippen LogP contribution in [0.4, 0.5) is 0 Å². The zero-order valence-corrected chi connectivity index (χ0v) is 24.9. The lowest BCUT2D eigenvalue weighted by atomic mass is 10.0. The SMILES string of the molecule is Cc1ccc(C(=O)N(CCCCN(C)C)CCC(C)c2nc3c(Cl)c(C)nn3c(=O)n2Cc2ccccc2)cc1. The average molecular weight is 563 g/mol. The van der Waals surface area contributed by atoms with Gasteiger partial charge in [0.1, 0.15) is 10.8 Å². The topological polar surface area (TPSA) is 75.7 Å². The van der Waals surface area contributed by atoms with Crippen molar-refractivity contribution in [1.29, 1.82) is 0 Å². The first kappa shape index (κ1) is 29.5. The van der Waals surface area contributed by atoms with E-state index in [9.17, 15) is 9.59 Å². The summed E-state index contributed by atoms with van der Waals surface area (Å²) >= 11 is 6.49. The summed E-state index contributed by atoms with van der Waals surface area (Å²) in [5.41, 5.74) is 3.46. The summed E-state index contributed by atoms with van der Waals surface area (Å²) in [6.45, 7) is 8.41. The molecule has 1 amide bonds. The number of carbonyl (C=O) groups is 1. The molecule has 4 rings (SSSR count). The highest BCUT2D eigenvalue weighted by Crippen LogP contribution is 2.23. The fourth-order valence-electron chi connectivity index (χ4n) is 4.80. The summed E-state index contributed by atoms with van der Waals surface area (Å²) in [4.78, 5) is 36.1. The quantitative estimate of drug-likeness (QED) is 0.222. The molecule has 2 aromatic heterocycles. The molecule has 0 fully saturated rings. The van der Waals surface area contributed by atoms with E-state index in [2.05, 4.69) is 31.0 Å². The molecule has 0 aliphatic carbocycles. The molecular formula is C31H39ClN6O2. The van der Waals surface area contributed by atoms with Gasteiger partial charge in [-0.3, -0.25) is 9.36 Å². The van der Waals surface area contributed by atoms with Crippen molar-refractivity contribution in [2.24, 2.45) is 0 Å². The standard InChI is InChI=1S/C31H39ClN6O2/c1-22-13-15-26(16-14-22)30(39)36(19-10-9-18-35(4)5)20-17-23(2)28-33-29-27(32)24(3)34-38(29)31(40)37(28)21-25-11-7-6-8-12-25/h6-8,11-16,23H,9-10,17-21H2,1-5H3. The minimum absolute atomic E-state index is 0.0246. The summed E-state index contributed by atoms with van der Waals surface area (Å²) in [5.74, 6) is 0.554. The number of fused-ring (bicyclic) bond motifs is 1. The van der Waals surface area contributed by atoms with E-state index in [0.717, 1.165) is 30.5 Å². The van der Waals surface area contributed by atoms with Crippen LogP contribution in [0.5, 0.6) is 0 Å². The number of rotatable bonds is 12. The van der Waals surface area contributed by atoms with Gasteiger partial charge in [0.15, 0.2) is 5.65 Å². The molecule has 1 unspecified atom stereocenters. The highest BCUT2D eigenvalue weighted by Gasteiger charge is 2.23. The summed E-state index contributed by atoms with van der Waals surface area (Å²) in [7, 11) is 4.12. The van der Waals surface area contributed by atoms with Crippen LogP contribution < -0.4 is 5.69 Å². The summed E-state index contributed by atoms with van der Waals surface area (Å²) in [5, 5.41) is 4.72. The van der Waals surface area contributed by atoms with E-state index in [1.54, 1.807) is 11.5 Å². The van der Waals surface area contributed by atoms with Crippen LogP contribution in [-0.2, 0) is 6.54 Å². The van der Waals surface area contributed by atoms with Crippen LogP contribution in [0.1, 0.15) is 65.1 Å². The Balaban J connectivity index is 1.61. The van der Waals surface area contributed by atoms with Crippen molar-refractivity contribution >= 4 is 23.2 Å². The fourth-order valence-corrected chi connectivity index (χ4v) is 4.96. The van der Waals surface area contributed by atoms with E-state index in [4.69, 9.17) is 16.6 Å². The maximum Gasteiger partial charge on any atom is 0.352 e. The molecule has 0 spiro atoms. The lowest BCUT2D eigenvalue weighted by Crippen LogP contribution is -2.35. The number of carbonyl (C=O) groups excluding carboxylic acids is 1. The molecule has 4 aromatic rings. The lowest BCUT2D eigenvalue weighted by Gasteiger charge is -2.25. The van der Waals surface area contributed by atoms with Gasteiger partial charge < -0.3 is 9.80 Å². The molecule has 0 aliphatic heterocycles. The molecule has 9 heteroatoms. The molecule has 8 nitrogen and oxygen atoms in total. The number of unbranched alkanes of at least 4 members (excludes halogenated alkanes) is 1. The van der Waals surface area contributed by atoms with E-state index in [1.807, 2.05) is 66.4 Å². The van der Waals surface area contributed by atoms with Crippen LogP contribution in [0.2, 0.25) is 5.02 Å². The molecule has 1 atom stereocenters. The number of nitrogens with zero attached hydrogens (tertiary/aromatic N) is 6. The molecule has 0 bridgehead atoms. The molecular weight excluding hydrogens is 524 g/mol. The molecule has 0 radical (unpaired) electrons. The summed E-state index contributed by atoms with van der Waals surface area (Å²) in [6.07, 6.45) is 2.57.